The average molecular weight is 332 g/mol. The van der Waals surface area contributed by atoms with E-state index in [1.54, 1.807) is 0 Å². The molecule has 4 nitrogen and oxygen atoms in total. The maximum absolute atomic E-state index is 5.48. The van der Waals surface area contributed by atoms with Gasteiger partial charge in [0.2, 0.25) is 0 Å². The number of nitrogens with zero attached hydrogens (tertiary/aromatic N) is 3. The highest BCUT2D eigenvalue weighted by molar-refractivity contribution is 5.46. The quantitative estimate of drug-likeness (QED) is 0.825. The standard InChI is InChI=1S/C20H33N3O/c1-20(2,18-22-13-15-24-16-14-22)17-21-9-6-10-23(12-11-21)19-7-4-3-5-8-19/h3-5,7-8H,6,9-18H2,1-2H3. The number of ether oxygens (including phenoxy) is 1. The zero-order valence-corrected chi connectivity index (χ0v) is 15.4. The first-order chi connectivity index (χ1) is 11.6. The molecule has 0 bridgehead atoms. The second-order valence-electron chi connectivity index (χ2n) is 8.01. The van der Waals surface area contributed by atoms with Gasteiger partial charge in [0.05, 0.1) is 13.2 Å². The van der Waals surface area contributed by atoms with Crippen LogP contribution in [0.5, 0.6) is 0 Å². The normalized spacial score (nSPS) is 21.7. The van der Waals surface area contributed by atoms with E-state index >= 15 is 0 Å². The molecule has 0 aliphatic carbocycles. The van der Waals surface area contributed by atoms with Crippen LogP contribution in [0.1, 0.15) is 20.3 Å². The molecule has 0 radical (unpaired) electrons. The van der Waals surface area contributed by atoms with E-state index in [4.69, 9.17) is 4.74 Å². The molecule has 0 N–H and O–H groups in total. The Morgan fingerprint density at radius 1 is 0.833 bits per heavy atom. The van der Waals surface area contributed by atoms with E-state index in [0.717, 1.165) is 32.8 Å². The van der Waals surface area contributed by atoms with E-state index in [0.29, 0.717) is 5.41 Å². The summed E-state index contributed by atoms with van der Waals surface area (Å²) in [5.41, 5.74) is 1.70. The van der Waals surface area contributed by atoms with Gasteiger partial charge in [0.15, 0.2) is 0 Å². The molecule has 2 fully saturated rings. The first-order valence-electron chi connectivity index (χ1n) is 9.45. The fraction of sp³-hybridized carbons (Fsp3) is 0.700. The Kier molecular flexibility index (Phi) is 6.14. The molecule has 1 aromatic rings. The number of anilines is 1. The van der Waals surface area contributed by atoms with Gasteiger partial charge >= 0.3 is 0 Å². The largest absolute Gasteiger partial charge is 0.379 e. The van der Waals surface area contributed by atoms with Gasteiger partial charge in [-0.25, -0.2) is 0 Å². The average Bonchev–Trinajstić information content (AvgIpc) is 2.81. The summed E-state index contributed by atoms with van der Waals surface area (Å²) in [7, 11) is 0. The maximum Gasteiger partial charge on any atom is 0.0594 e. The van der Waals surface area contributed by atoms with Crippen LogP contribution >= 0.6 is 0 Å². The molecule has 1 aromatic carbocycles. The molecule has 24 heavy (non-hydrogen) atoms. The minimum atomic E-state index is 0.333. The van der Waals surface area contributed by atoms with Gasteiger partial charge in [-0.3, -0.25) is 4.90 Å². The van der Waals surface area contributed by atoms with Crippen LogP contribution in [0.4, 0.5) is 5.69 Å². The first kappa shape index (κ1) is 17.7. The Morgan fingerprint density at radius 2 is 1.50 bits per heavy atom. The summed E-state index contributed by atoms with van der Waals surface area (Å²) in [6, 6.07) is 10.9. The molecule has 0 amide bonds. The third-order valence-corrected chi connectivity index (χ3v) is 5.12. The van der Waals surface area contributed by atoms with Crippen molar-refractivity contribution in [2.24, 2.45) is 5.41 Å². The van der Waals surface area contributed by atoms with Crippen LogP contribution in [0.25, 0.3) is 0 Å². The predicted octanol–water partition coefficient (Wildman–Crippen LogP) is 2.56. The lowest BCUT2D eigenvalue weighted by atomic mass is 9.91. The summed E-state index contributed by atoms with van der Waals surface area (Å²) >= 11 is 0. The van der Waals surface area contributed by atoms with Gasteiger partial charge in [0, 0.05) is 51.5 Å². The maximum atomic E-state index is 5.48. The molecule has 0 spiro atoms. The Balaban J connectivity index is 1.50. The van der Waals surface area contributed by atoms with E-state index in [1.165, 1.54) is 44.8 Å². The van der Waals surface area contributed by atoms with Crippen LogP contribution in [-0.2, 0) is 4.74 Å². The van der Waals surface area contributed by atoms with Crippen LogP contribution in [0.15, 0.2) is 30.3 Å². The van der Waals surface area contributed by atoms with Crippen molar-refractivity contribution < 1.29 is 4.74 Å². The smallest absolute Gasteiger partial charge is 0.0594 e. The molecule has 4 heteroatoms. The Bertz CT molecular complexity index is 485. The van der Waals surface area contributed by atoms with Crippen molar-refractivity contribution in [1.29, 1.82) is 0 Å². The molecule has 134 valence electrons. The van der Waals surface area contributed by atoms with Crippen molar-refractivity contribution in [3.63, 3.8) is 0 Å². The molecule has 0 saturated carbocycles. The summed E-state index contributed by atoms with van der Waals surface area (Å²) < 4.78 is 5.48. The zero-order valence-electron chi connectivity index (χ0n) is 15.4. The van der Waals surface area contributed by atoms with Gasteiger partial charge in [0.25, 0.3) is 0 Å². The van der Waals surface area contributed by atoms with Crippen molar-refractivity contribution >= 4 is 5.69 Å². The summed E-state index contributed by atoms with van der Waals surface area (Å²) in [5, 5.41) is 0. The minimum Gasteiger partial charge on any atom is -0.379 e. The lowest BCUT2D eigenvalue weighted by Crippen LogP contribution is -2.46. The van der Waals surface area contributed by atoms with E-state index in [2.05, 4.69) is 58.9 Å². The number of morpholine rings is 1. The Morgan fingerprint density at radius 3 is 2.21 bits per heavy atom. The zero-order chi connectivity index (χ0) is 16.8. The number of para-hydroxylation sites is 1. The van der Waals surface area contributed by atoms with Gasteiger partial charge in [-0.2, -0.15) is 0 Å². The highest BCUT2D eigenvalue weighted by Gasteiger charge is 2.27. The van der Waals surface area contributed by atoms with Gasteiger partial charge in [0.1, 0.15) is 0 Å². The predicted molar refractivity (Wildman–Crippen MR) is 101 cm³/mol. The molecule has 2 aliphatic rings. The SMILES string of the molecule is CC(C)(CN1CCOCC1)CN1CCCN(c2ccccc2)CC1. The van der Waals surface area contributed by atoms with Crippen LogP contribution in [0, 0.1) is 5.41 Å². The third-order valence-electron chi connectivity index (χ3n) is 5.12. The fourth-order valence-corrected chi connectivity index (χ4v) is 4.05. The molecule has 0 atom stereocenters. The molecule has 2 saturated heterocycles. The lowest BCUT2D eigenvalue weighted by Gasteiger charge is -2.38. The van der Waals surface area contributed by atoms with E-state index < -0.39 is 0 Å². The molecule has 3 rings (SSSR count). The van der Waals surface area contributed by atoms with Gasteiger partial charge < -0.3 is 14.5 Å². The van der Waals surface area contributed by atoms with Crippen molar-refractivity contribution in [2.45, 2.75) is 20.3 Å². The highest BCUT2D eigenvalue weighted by Crippen LogP contribution is 2.22. The number of rotatable bonds is 5. The van der Waals surface area contributed by atoms with Gasteiger partial charge in [-0.05, 0) is 30.5 Å². The highest BCUT2D eigenvalue weighted by atomic mass is 16.5. The van der Waals surface area contributed by atoms with Crippen LogP contribution in [0.2, 0.25) is 0 Å². The summed E-state index contributed by atoms with van der Waals surface area (Å²) in [4.78, 5) is 7.77. The Labute approximate surface area is 147 Å². The molecule has 0 aromatic heterocycles. The van der Waals surface area contributed by atoms with Gasteiger partial charge in [-0.1, -0.05) is 32.0 Å². The van der Waals surface area contributed by atoms with Crippen molar-refractivity contribution in [3.05, 3.63) is 30.3 Å². The van der Waals surface area contributed by atoms with Gasteiger partial charge in [-0.15, -0.1) is 0 Å². The molecule has 2 aliphatic heterocycles. The number of benzene rings is 1. The van der Waals surface area contributed by atoms with Crippen LogP contribution in [0.3, 0.4) is 0 Å². The minimum absolute atomic E-state index is 0.333. The number of hydrogen-bond donors (Lipinski definition) is 0. The van der Waals surface area contributed by atoms with Crippen molar-refractivity contribution in [1.82, 2.24) is 9.80 Å². The second-order valence-corrected chi connectivity index (χ2v) is 8.01. The third kappa shape index (κ3) is 5.20. The van der Waals surface area contributed by atoms with Crippen molar-refractivity contribution in [2.75, 3.05) is 70.5 Å². The van der Waals surface area contributed by atoms with Crippen LogP contribution < -0.4 is 4.90 Å². The first-order valence-corrected chi connectivity index (χ1v) is 9.45. The number of hydrogen-bond acceptors (Lipinski definition) is 4. The van der Waals surface area contributed by atoms with E-state index in [1.807, 2.05) is 0 Å². The molecule has 2 heterocycles. The van der Waals surface area contributed by atoms with Crippen molar-refractivity contribution in [3.8, 4) is 0 Å². The molecular weight excluding hydrogens is 298 g/mol. The molecule has 0 unspecified atom stereocenters. The fourth-order valence-electron chi connectivity index (χ4n) is 4.05. The molecular formula is C20H33N3O. The summed E-state index contributed by atoms with van der Waals surface area (Å²) in [6.45, 7) is 15.9. The lowest BCUT2D eigenvalue weighted by molar-refractivity contribution is 0.0154. The van der Waals surface area contributed by atoms with Crippen LogP contribution in [-0.4, -0.2) is 75.4 Å². The summed E-state index contributed by atoms with van der Waals surface area (Å²) in [5.74, 6) is 0. The van der Waals surface area contributed by atoms with E-state index in [9.17, 15) is 0 Å². The Hall–Kier alpha value is -1.10. The summed E-state index contributed by atoms with van der Waals surface area (Å²) in [6.07, 6.45) is 1.25. The second kappa shape index (κ2) is 8.32. The monoisotopic (exact) mass is 331 g/mol. The van der Waals surface area contributed by atoms with E-state index in [-0.39, 0.29) is 0 Å². The topological polar surface area (TPSA) is 19.0 Å².